The van der Waals surface area contributed by atoms with Crippen LogP contribution in [0.15, 0.2) is 16.7 Å². The molecule has 1 aromatic heterocycles. The highest BCUT2D eigenvalue weighted by atomic mass is 16.5. The van der Waals surface area contributed by atoms with Crippen LogP contribution in [-0.2, 0) is 6.54 Å². The lowest BCUT2D eigenvalue weighted by Gasteiger charge is -2.06. The van der Waals surface area contributed by atoms with Gasteiger partial charge in [-0.25, -0.2) is 0 Å². The number of hydrogen-bond donors (Lipinski definition) is 1. The van der Waals surface area contributed by atoms with E-state index in [-0.39, 0.29) is 0 Å². The third kappa shape index (κ3) is 2.36. The number of hydrogen-bond acceptors (Lipinski definition) is 4. The summed E-state index contributed by atoms with van der Waals surface area (Å²) in [4.78, 5) is 4.38. The van der Waals surface area contributed by atoms with Crippen molar-refractivity contribution in [2.45, 2.75) is 27.3 Å². The molecule has 2 rings (SSSR count). The van der Waals surface area contributed by atoms with Gasteiger partial charge in [0.2, 0.25) is 0 Å². The van der Waals surface area contributed by atoms with Crippen LogP contribution in [0.3, 0.4) is 0 Å². The molecule has 90 valence electrons. The van der Waals surface area contributed by atoms with E-state index in [2.05, 4.69) is 48.4 Å². The maximum atomic E-state index is 5.30. The summed E-state index contributed by atoms with van der Waals surface area (Å²) in [6.07, 6.45) is 0. The summed E-state index contributed by atoms with van der Waals surface area (Å²) in [5.74, 6) is 1.28. The molecule has 0 aliphatic rings. The predicted molar refractivity (Wildman–Crippen MR) is 66.7 cm³/mol. The Morgan fingerprint density at radius 3 is 2.41 bits per heavy atom. The Morgan fingerprint density at radius 2 is 1.82 bits per heavy atom. The van der Waals surface area contributed by atoms with Crippen molar-refractivity contribution in [1.29, 1.82) is 0 Å². The van der Waals surface area contributed by atoms with Gasteiger partial charge in [-0.3, -0.25) is 0 Å². The summed E-state index contributed by atoms with van der Waals surface area (Å²) in [6.45, 7) is 6.84. The van der Waals surface area contributed by atoms with Crippen molar-refractivity contribution >= 4 is 0 Å². The summed E-state index contributed by atoms with van der Waals surface area (Å²) < 4.78 is 5.30. The van der Waals surface area contributed by atoms with Crippen molar-refractivity contribution in [3.05, 3.63) is 34.6 Å². The number of benzene rings is 1. The number of rotatable bonds is 3. The van der Waals surface area contributed by atoms with Crippen molar-refractivity contribution in [2.24, 2.45) is 0 Å². The number of aromatic nitrogens is 2. The molecule has 1 N–H and O–H groups in total. The molecule has 4 heteroatoms. The van der Waals surface area contributed by atoms with E-state index in [1.807, 2.05) is 7.05 Å². The second kappa shape index (κ2) is 4.67. The van der Waals surface area contributed by atoms with Gasteiger partial charge in [0, 0.05) is 5.56 Å². The van der Waals surface area contributed by atoms with Gasteiger partial charge in [-0.15, -0.1) is 0 Å². The Balaban J connectivity index is 2.45. The fraction of sp³-hybridized carbons (Fsp3) is 0.385. The first-order valence-corrected chi connectivity index (χ1v) is 5.67. The Morgan fingerprint density at radius 1 is 1.18 bits per heavy atom. The second-order valence-corrected chi connectivity index (χ2v) is 4.32. The Kier molecular flexibility index (Phi) is 3.24. The highest BCUT2D eigenvalue weighted by Gasteiger charge is 2.13. The topological polar surface area (TPSA) is 51.0 Å². The van der Waals surface area contributed by atoms with E-state index in [9.17, 15) is 0 Å². The van der Waals surface area contributed by atoms with E-state index in [0.717, 1.165) is 5.56 Å². The van der Waals surface area contributed by atoms with Gasteiger partial charge in [-0.1, -0.05) is 22.9 Å². The summed E-state index contributed by atoms with van der Waals surface area (Å²) >= 11 is 0. The summed E-state index contributed by atoms with van der Waals surface area (Å²) in [5.41, 5.74) is 4.63. The normalized spacial score (nSPS) is 10.8. The minimum Gasteiger partial charge on any atom is -0.334 e. The zero-order valence-electron chi connectivity index (χ0n) is 10.7. The van der Waals surface area contributed by atoms with E-state index in [4.69, 9.17) is 4.52 Å². The molecule has 4 nitrogen and oxygen atoms in total. The first-order chi connectivity index (χ1) is 8.11. The molecule has 0 spiro atoms. The first kappa shape index (κ1) is 11.8. The Labute approximate surface area is 101 Å². The molecule has 0 unspecified atom stereocenters. The largest absolute Gasteiger partial charge is 0.334 e. The summed E-state index contributed by atoms with van der Waals surface area (Å²) in [6, 6.07) is 4.26. The molecule has 17 heavy (non-hydrogen) atoms. The zero-order valence-corrected chi connectivity index (χ0v) is 10.7. The minimum atomic E-state index is 0.602. The number of aryl methyl sites for hydroxylation is 3. The highest BCUT2D eigenvalue weighted by molar-refractivity contribution is 5.63. The molecule has 1 heterocycles. The van der Waals surface area contributed by atoms with Crippen LogP contribution in [0.5, 0.6) is 0 Å². The molecule has 2 aromatic rings. The predicted octanol–water partition coefficient (Wildman–Crippen LogP) is 2.38. The van der Waals surface area contributed by atoms with E-state index < -0.39 is 0 Å². The second-order valence-electron chi connectivity index (χ2n) is 4.32. The van der Waals surface area contributed by atoms with Gasteiger partial charge in [0.05, 0.1) is 6.54 Å². The molecule has 0 saturated heterocycles. The zero-order chi connectivity index (χ0) is 12.4. The van der Waals surface area contributed by atoms with E-state index in [0.29, 0.717) is 18.3 Å². The van der Waals surface area contributed by atoms with Crippen LogP contribution in [0.4, 0.5) is 0 Å². The van der Waals surface area contributed by atoms with E-state index >= 15 is 0 Å². The SMILES string of the molecule is CNCc1noc(-c2c(C)cc(C)cc2C)n1. The van der Waals surface area contributed by atoms with Gasteiger partial charge in [0.1, 0.15) is 0 Å². The number of nitrogens with zero attached hydrogens (tertiary/aromatic N) is 2. The molecule has 0 bridgehead atoms. The highest BCUT2D eigenvalue weighted by Crippen LogP contribution is 2.26. The van der Waals surface area contributed by atoms with Gasteiger partial charge in [-0.2, -0.15) is 4.98 Å². The third-order valence-corrected chi connectivity index (χ3v) is 2.69. The van der Waals surface area contributed by atoms with Crippen LogP contribution in [0.25, 0.3) is 11.5 Å². The molecule has 0 fully saturated rings. The number of nitrogens with one attached hydrogen (secondary N) is 1. The van der Waals surface area contributed by atoms with Gasteiger partial charge in [0.25, 0.3) is 5.89 Å². The first-order valence-electron chi connectivity index (χ1n) is 5.67. The molecule has 0 aliphatic carbocycles. The summed E-state index contributed by atoms with van der Waals surface area (Å²) in [7, 11) is 1.86. The molecule has 0 radical (unpaired) electrons. The van der Waals surface area contributed by atoms with Gasteiger partial charge in [-0.05, 0) is 38.9 Å². The molecular formula is C13H17N3O. The third-order valence-electron chi connectivity index (χ3n) is 2.69. The van der Waals surface area contributed by atoms with Gasteiger partial charge in [0.15, 0.2) is 5.82 Å². The Bertz CT molecular complexity index is 508. The summed E-state index contributed by atoms with van der Waals surface area (Å²) in [5, 5.41) is 6.94. The van der Waals surface area contributed by atoms with Crippen molar-refractivity contribution in [3.63, 3.8) is 0 Å². The molecular weight excluding hydrogens is 214 g/mol. The van der Waals surface area contributed by atoms with Gasteiger partial charge >= 0.3 is 0 Å². The standard InChI is InChI=1S/C13H17N3O/c1-8-5-9(2)12(10(3)6-8)13-15-11(7-14-4)16-17-13/h5-6,14H,7H2,1-4H3. The van der Waals surface area contributed by atoms with Crippen molar-refractivity contribution in [2.75, 3.05) is 7.05 Å². The lowest BCUT2D eigenvalue weighted by Crippen LogP contribution is -2.06. The average Bonchev–Trinajstić information content (AvgIpc) is 2.65. The van der Waals surface area contributed by atoms with E-state index in [1.165, 1.54) is 16.7 Å². The molecule has 0 aliphatic heterocycles. The smallest absolute Gasteiger partial charge is 0.258 e. The minimum absolute atomic E-state index is 0.602. The maximum Gasteiger partial charge on any atom is 0.258 e. The lowest BCUT2D eigenvalue weighted by atomic mass is 10.00. The van der Waals surface area contributed by atoms with Crippen LogP contribution >= 0.6 is 0 Å². The lowest BCUT2D eigenvalue weighted by molar-refractivity contribution is 0.420. The van der Waals surface area contributed by atoms with Crippen LogP contribution in [0.1, 0.15) is 22.5 Å². The van der Waals surface area contributed by atoms with Gasteiger partial charge < -0.3 is 9.84 Å². The van der Waals surface area contributed by atoms with Crippen LogP contribution < -0.4 is 5.32 Å². The maximum absolute atomic E-state index is 5.30. The Hall–Kier alpha value is -1.68. The molecule has 0 atom stereocenters. The van der Waals surface area contributed by atoms with Crippen LogP contribution in [-0.4, -0.2) is 17.2 Å². The monoisotopic (exact) mass is 231 g/mol. The quantitative estimate of drug-likeness (QED) is 0.881. The average molecular weight is 231 g/mol. The van der Waals surface area contributed by atoms with E-state index in [1.54, 1.807) is 0 Å². The fourth-order valence-electron chi connectivity index (χ4n) is 2.10. The molecule has 1 aromatic carbocycles. The molecule has 0 saturated carbocycles. The van der Waals surface area contributed by atoms with Crippen molar-refractivity contribution in [3.8, 4) is 11.5 Å². The van der Waals surface area contributed by atoms with Crippen LogP contribution in [0, 0.1) is 20.8 Å². The fourth-order valence-corrected chi connectivity index (χ4v) is 2.10. The van der Waals surface area contributed by atoms with Crippen LogP contribution in [0.2, 0.25) is 0 Å². The van der Waals surface area contributed by atoms with Crippen molar-refractivity contribution in [1.82, 2.24) is 15.5 Å². The van der Waals surface area contributed by atoms with Crippen molar-refractivity contribution < 1.29 is 4.52 Å². The molecule has 0 amide bonds.